The van der Waals surface area contributed by atoms with Crippen LogP contribution in [0.2, 0.25) is 0 Å². The van der Waals surface area contributed by atoms with Gasteiger partial charge in [0, 0.05) is 12.2 Å². The number of rotatable bonds is 5. The lowest BCUT2D eigenvalue weighted by atomic mass is 9.96. The Morgan fingerprint density at radius 1 is 1.35 bits per heavy atom. The Hall–Kier alpha value is -1.39. The Balaban J connectivity index is 1.76. The fraction of sp³-hybridized carbons (Fsp3) is 0.462. The monoisotopic (exact) mass is 234 g/mol. The van der Waals surface area contributed by atoms with Gasteiger partial charge in [-0.3, -0.25) is 4.79 Å². The first-order chi connectivity index (χ1) is 8.28. The second kappa shape index (κ2) is 5.80. The summed E-state index contributed by atoms with van der Waals surface area (Å²) >= 11 is 0. The second-order valence-electron chi connectivity index (χ2n) is 4.31. The fourth-order valence-corrected chi connectivity index (χ4v) is 1.65. The molecule has 3 N–H and O–H groups in total. The van der Waals surface area contributed by atoms with Crippen molar-refractivity contribution in [3.8, 4) is 0 Å². The van der Waals surface area contributed by atoms with Crippen molar-refractivity contribution in [3.05, 3.63) is 29.8 Å². The highest BCUT2D eigenvalue weighted by Crippen LogP contribution is 2.21. The summed E-state index contributed by atoms with van der Waals surface area (Å²) in [6, 6.07) is 7.51. The zero-order valence-corrected chi connectivity index (χ0v) is 9.82. The zero-order chi connectivity index (χ0) is 12.1. The minimum absolute atomic E-state index is 0.0996. The molecule has 0 radical (unpaired) electrons. The highest BCUT2D eigenvalue weighted by Gasteiger charge is 2.18. The number of amides is 1. The van der Waals surface area contributed by atoms with Gasteiger partial charge in [-0.25, -0.2) is 0 Å². The largest absolute Gasteiger partial charge is 0.368 e. The molecule has 0 saturated heterocycles. The van der Waals surface area contributed by atoms with Crippen LogP contribution in [0.4, 0.5) is 5.69 Å². The van der Waals surface area contributed by atoms with E-state index in [0.29, 0.717) is 12.6 Å². The van der Waals surface area contributed by atoms with Gasteiger partial charge in [-0.05, 0) is 37.0 Å². The molecule has 2 rings (SSSR count). The molecule has 0 heterocycles. The average molecular weight is 234 g/mol. The SMILES string of the molecule is NCc1ccc(NC(=O)COC2CCC2)cc1. The van der Waals surface area contributed by atoms with E-state index in [1.807, 2.05) is 24.3 Å². The van der Waals surface area contributed by atoms with Crippen LogP contribution in [0.25, 0.3) is 0 Å². The number of carbonyl (C=O) groups excluding carboxylic acids is 1. The smallest absolute Gasteiger partial charge is 0.250 e. The lowest BCUT2D eigenvalue weighted by Gasteiger charge is -2.25. The first-order valence-corrected chi connectivity index (χ1v) is 5.98. The van der Waals surface area contributed by atoms with Crippen molar-refractivity contribution in [2.75, 3.05) is 11.9 Å². The van der Waals surface area contributed by atoms with Gasteiger partial charge in [0.05, 0.1) is 6.10 Å². The van der Waals surface area contributed by atoms with Gasteiger partial charge in [0.2, 0.25) is 5.91 Å². The highest BCUT2D eigenvalue weighted by atomic mass is 16.5. The van der Waals surface area contributed by atoms with Gasteiger partial charge in [-0.1, -0.05) is 12.1 Å². The van der Waals surface area contributed by atoms with E-state index >= 15 is 0 Å². The van der Waals surface area contributed by atoms with E-state index < -0.39 is 0 Å². The molecule has 4 nitrogen and oxygen atoms in total. The molecule has 1 saturated carbocycles. The van der Waals surface area contributed by atoms with Crippen LogP contribution in [-0.2, 0) is 16.1 Å². The van der Waals surface area contributed by atoms with Crippen LogP contribution < -0.4 is 11.1 Å². The third-order valence-corrected chi connectivity index (χ3v) is 2.98. The van der Waals surface area contributed by atoms with E-state index in [-0.39, 0.29) is 12.5 Å². The van der Waals surface area contributed by atoms with E-state index in [1.165, 1.54) is 6.42 Å². The molecule has 0 bridgehead atoms. The Morgan fingerprint density at radius 2 is 2.06 bits per heavy atom. The molecule has 17 heavy (non-hydrogen) atoms. The van der Waals surface area contributed by atoms with Crippen molar-refractivity contribution in [2.45, 2.75) is 31.9 Å². The van der Waals surface area contributed by atoms with Crippen LogP contribution in [0.1, 0.15) is 24.8 Å². The predicted molar refractivity (Wildman–Crippen MR) is 66.6 cm³/mol. The number of ether oxygens (including phenoxy) is 1. The molecule has 0 aromatic heterocycles. The van der Waals surface area contributed by atoms with Gasteiger partial charge in [-0.2, -0.15) is 0 Å². The first-order valence-electron chi connectivity index (χ1n) is 5.98. The summed E-state index contributed by atoms with van der Waals surface area (Å²) in [7, 11) is 0. The lowest BCUT2D eigenvalue weighted by molar-refractivity contribution is -0.124. The highest BCUT2D eigenvalue weighted by molar-refractivity contribution is 5.91. The Morgan fingerprint density at radius 3 is 2.59 bits per heavy atom. The summed E-state index contributed by atoms with van der Waals surface area (Å²) in [5, 5.41) is 2.79. The molecular formula is C13H18N2O2. The maximum atomic E-state index is 11.6. The van der Waals surface area contributed by atoms with Gasteiger partial charge in [0.15, 0.2) is 0 Å². The average Bonchev–Trinajstić information content (AvgIpc) is 2.28. The summed E-state index contributed by atoms with van der Waals surface area (Å²) in [5.41, 5.74) is 7.33. The van der Waals surface area contributed by atoms with E-state index in [1.54, 1.807) is 0 Å². The van der Waals surface area contributed by atoms with Gasteiger partial charge in [0.1, 0.15) is 6.61 Å². The number of anilines is 1. The molecule has 0 unspecified atom stereocenters. The number of nitrogens with two attached hydrogens (primary N) is 1. The second-order valence-corrected chi connectivity index (χ2v) is 4.31. The number of benzene rings is 1. The van der Waals surface area contributed by atoms with Crippen LogP contribution >= 0.6 is 0 Å². The van der Waals surface area contributed by atoms with Gasteiger partial charge in [-0.15, -0.1) is 0 Å². The fourth-order valence-electron chi connectivity index (χ4n) is 1.65. The van der Waals surface area contributed by atoms with E-state index in [4.69, 9.17) is 10.5 Å². The van der Waals surface area contributed by atoms with Crippen LogP contribution in [0.5, 0.6) is 0 Å². The molecule has 1 aliphatic carbocycles. The summed E-state index contributed by atoms with van der Waals surface area (Å²) in [4.78, 5) is 11.6. The molecule has 1 fully saturated rings. The van der Waals surface area contributed by atoms with E-state index in [0.717, 1.165) is 24.1 Å². The molecular weight excluding hydrogens is 216 g/mol. The third-order valence-electron chi connectivity index (χ3n) is 2.98. The number of hydrogen-bond donors (Lipinski definition) is 2. The molecule has 92 valence electrons. The number of carbonyl (C=O) groups is 1. The summed E-state index contributed by atoms with van der Waals surface area (Å²) in [6.45, 7) is 0.655. The van der Waals surface area contributed by atoms with E-state index in [9.17, 15) is 4.79 Å². The van der Waals surface area contributed by atoms with Crippen molar-refractivity contribution >= 4 is 11.6 Å². The Labute approximate surface area is 101 Å². The molecule has 1 aromatic carbocycles. The molecule has 0 atom stereocenters. The number of nitrogens with one attached hydrogen (secondary N) is 1. The van der Waals surface area contributed by atoms with Gasteiger partial charge >= 0.3 is 0 Å². The van der Waals surface area contributed by atoms with Crippen LogP contribution in [-0.4, -0.2) is 18.6 Å². The normalized spacial score (nSPS) is 15.4. The molecule has 1 amide bonds. The number of hydrogen-bond acceptors (Lipinski definition) is 3. The summed E-state index contributed by atoms with van der Waals surface area (Å²) < 4.78 is 5.42. The maximum absolute atomic E-state index is 11.6. The Bertz CT molecular complexity index is 372. The summed E-state index contributed by atoms with van der Waals surface area (Å²) in [6.07, 6.45) is 3.67. The predicted octanol–water partition coefficient (Wildman–Crippen LogP) is 1.65. The van der Waals surface area contributed by atoms with Crippen LogP contribution in [0, 0.1) is 0 Å². The van der Waals surface area contributed by atoms with Crippen molar-refractivity contribution in [3.63, 3.8) is 0 Å². The minimum atomic E-state index is -0.0996. The standard InChI is InChI=1S/C13H18N2O2/c14-8-10-4-6-11(7-5-10)15-13(16)9-17-12-2-1-3-12/h4-7,12H,1-3,8-9,14H2,(H,15,16). The third kappa shape index (κ3) is 3.54. The Kier molecular flexibility index (Phi) is 4.12. The van der Waals surface area contributed by atoms with Gasteiger partial charge < -0.3 is 15.8 Å². The molecule has 1 aliphatic rings. The van der Waals surface area contributed by atoms with Crippen molar-refractivity contribution < 1.29 is 9.53 Å². The zero-order valence-electron chi connectivity index (χ0n) is 9.82. The van der Waals surface area contributed by atoms with Crippen molar-refractivity contribution in [1.29, 1.82) is 0 Å². The van der Waals surface area contributed by atoms with Crippen molar-refractivity contribution in [1.82, 2.24) is 0 Å². The van der Waals surface area contributed by atoms with Crippen LogP contribution in [0.15, 0.2) is 24.3 Å². The quantitative estimate of drug-likeness (QED) is 0.814. The molecule has 0 aliphatic heterocycles. The molecule has 1 aromatic rings. The molecule has 4 heteroatoms. The summed E-state index contributed by atoms with van der Waals surface area (Å²) in [5.74, 6) is -0.0996. The first kappa shape index (κ1) is 12.1. The van der Waals surface area contributed by atoms with Crippen molar-refractivity contribution in [2.24, 2.45) is 5.73 Å². The minimum Gasteiger partial charge on any atom is -0.368 e. The van der Waals surface area contributed by atoms with Gasteiger partial charge in [0.25, 0.3) is 0 Å². The molecule has 0 spiro atoms. The van der Waals surface area contributed by atoms with E-state index in [2.05, 4.69) is 5.32 Å². The van der Waals surface area contributed by atoms with Crippen LogP contribution in [0.3, 0.4) is 0 Å². The maximum Gasteiger partial charge on any atom is 0.250 e. The lowest BCUT2D eigenvalue weighted by Crippen LogP contribution is -2.27. The topological polar surface area (TPSA) is 64.3 Å².